The van der Waals surface area contributed by atoms with Crippen molar-refractivity contribution in [2.75, 3.05) is 24.3 Å². The van der Waals surface area contributed by atoms with E-state index in [2.05, 4.69) is 27.8 Å². The van der Waals surface area contributed by atoms with Gasteiger partial charge in [-0.15, -0.1) is 0 Å². The summed E-state index contributed by atoms with van der Waals surface area (Å²) in [5.74, 6) is 1.44. The summed E-state index contributed by atoms with van der Waals surface area (Å²) in [5, 5.41) is 6.22. The molecule has 0 bridgehead atoms. The van der Waals surface area contributed by atoms with E-state index < -0.39 is 0 Å². The Morgan fingerprint density at radius 3 is 2.46 bits per heavy atom. The molecule has 0 fully saturated rings. The average molecular weight is 375 g/mol. The van der Waals surface area contributed by atoms with Gasteiger partial charge < -0.3 is 15.4 Å². The van der Waals surface area contributed by atoms with Gasteiger partial charge in [0.25, 0.3) is 5.91 Å². The van der Waals surface area contributed by atoms with Crippen molar-refractivity contribution in [3.63, 3.8) is 0 Å². The number of pyridine rings is 1. The first kappa shape index (κ1) is 19.4. The molecule has 3 aromatic rings. The number of rotatable bonds is 7. The first-order chi connectivity index (χ1) is 13.5. The van der Waals surface area contributed by atoms with E-state index in [1.807, 2.05) is 50.2 Å². The number of ether oxygens (including phenoxy) is 1. The Bertz CT molecular complexity index is 935. The third-order valence-corrected chi connectivity index (χ3v) is 4.53. The van der Waals surface area contributed by atoms with E-state index in [-0.39, 0.29) is 5.91 Å². The van der Waals surface area contributed by atoms with Gasteiger partial charge in [0.1, 0.15) is 11.6 Å². The molecule has 0 saturated carbocycles. The fourth-order valence-corrected chi connectivity index (χ4v) is 2.91. The van der Waals surface area contributed by atoms with Crippen LogP contribution < -0.4 is 15.4 Å². The lowest BCUT2D eigenvalue weighted by Crippen LogP contribution is -2.13. The van der Waals surface area contributed by atoms with Gasteiger partial charge in [0.2, 0.25) is 0 Å². The van der Waals surface area contributed by atoms with Crippen LogP contribution in [0.2, 0.25) is 0 Å². The lowest BCUT2D eigenvalue weighted by Gasteiger charge is -2.10. The van der Waals surface area contributed by atoms with E-state index >= 15 is 0 Å². The number of methoxy groups -OCH3 is 1. The maximum absolute atomic E-state index is 12.4. The predicted octanol–water partition coefficient (Wildman–Crippen LogP) is 4.61. The molecule has 144 valence electrons. The van der Waals surface area contributed by atoms with E-state index in [0.29, 0.717) is 5.56 Å². The molecule has 0 saturated heterocycles. The molecule has 0 aliphatic rings. The number of anilines is 2. The van der Waals surface area contributed by atoms with Crippen LogP contribution >= 0.6 is 0 Å². The normalized spacial score (nSPS) is 10.4. The van der Waals surface area contributed by atoms with Crippen LogP contribution in [0.25, 0.3) is 0 Å². The molecule has 5 heteroatoms. The van der Waals surface area contributed by atoms with Crippen molar-refractivity contribution in [3.05, 3.63) is 83.0 Å². The number of aromatic nitrogens is 1. The summed E-state index contributed by atoms with van der Waals surface area (Å²) in [6, 6.07) is 17.6. The number of benzene rings is 2. The van der Waals surface area contributed by atoms with Crippen molar-refractivity contribution in [1.29, 1.82) is 0 Å². The zero-order valence-electron chi connectivity index (χ0n) is 16.5. The van der Waals surface area contributed by atoms with Crippen LogP contribution in [0, 0.1) is 13.8 Å². The lowest BCUT2D eigenvalue weighted by atomic mass is 10.1. The topological polar surface area (TPSA) is 63.2 Å². The third-order valence-electron chi connectivity index (χ3n) is 4.53. The van der Waals surface area contributed by atoms with Gasteiger partial charge in [0, 0.05) is 18.4 Å². The lowest BCUT2D eigenvalue weighted by molar-refractivity contribution is 0.102. The number of nitrogens with one attached hydrogen (secondary N) is 2. The molecule has 2 aromatic carbocycles. The summed E-state index contributed by atoms with van der Waals surface area (Å²) in [5.41, 5.74) is 4.77. The SMILES string of the molecule is COc1ccc(CCNc2ccc(C(=O)Nc3ccc(C)cc3C)cn2)cc1. The van der Waals surface area contributed by atoms with E-state index in [4.69, 9.17) is 4.74 Å². The zero-order valence-corrected chi connectivity index (χ0v) is 16.5. The number of nitrogens with zero attached hydrogens (tertiary/aromatic N) is 1. The molecular weight excluding hydrogens is 350 g/mol. The molecule has 0 unspecified atom stereocenters. The van der Waals surface area contributed by atoms with Gasteiger partial charge in [0.05, 0.1) is 12.7 Å². The van der Waals surface area contributed by atoms with Gasteiger partial charge in [0.15, 0.2) is 0 Å². The molecular formula is C23H25N3O2. The van der Waals surface area contributed by atoms with Crippen molar-refractivity contribution in [2.45, 2.75) is 20.3 Å². The number of carbonyl (C=O) groups is 1. The van der Waals surface area contributed by atoms with Crippen LogP contribution in [0.1, 0.15) is 27.0 Å². The molecule has 0 atom stereocenters. The van der Waals surface area contributed by atoms with Gasteiger partial charge in [-0.3, -0.25) is 4.79 Å². The molecule has 2 N–H and O–H groups in total. The number of hydrogen-bond donors (Lipinski definition) is 2. The Hall–Kier alpha value is -3.34. The van der Waals surface area contributed by atoms with E-state index in [0.717, 1.165) is 35.8 Å². The van der Waals surface area contributed by atoms with Gasteiger partial charge in [-0.25, -0.2) is 4.98 Å². The highest BCUT2D eigenvalue weighted by atomic mass is 16.5. The minimum atomic E-state index is -0.163. The Kier molecular flexibility index (Phi) is 6.27. The summed E-state index contributed by atoms with van der Waals surface area (Å²) in [6.07, 6.45) is 2.47. The summed E-state index contributed by atoms with van der Waals surface area (Å²) in [7, 11) is 1.66. The fourth-order valence-electron chi connectivity index (χ4n) is 2.91. The largest absolute Gasteiger partial charge is 0.497 e. The minimum Gasteiger partial charge on any atom is -0.497 e. The number of hydrogen-bond acceptors (Lipinski definition) is 4. The van der Waals surface area contributed by atoms with Gasteiger partial charge >= 0.3 is 0 Å². The van der Waals surface area contributed by atoms with Crippen LogP contribution in [0.5, 0.6) is 5.75 Å². The van der Waals surface area contributed by atoms with Gasteiger partial charge in [-0.2, -0.15) is 0 Å². The molecule has 0 spiro atoms. The highest BCUT2D eigenvalue weighted by Gasteiger charge is 2.08. The first-order valence-corrected chi connectivity index (χ1v) is 9.26. The predicted molar refractivity (Wildman–Crippen MR) is 113 cm³/mol. The summed E-state index contributed by atoms with van der Waals surface area (Å²) >= 11 is 0. The van der Waals surface area contributed by atoms with E-state index in [9.17, 15) is 4.79 Å². The highest BCUT2D eigenvalue weighted by Crippen LogP contribution is 2.17. The molecule has 3 rings (SSSR count). The molecule has 28 heavy (non-hydrogen) atoms. The average Bonchev–Trinajstić information content (AvgIpc) is 2.71. The van der Waals surface area contributed by atoms with Crippen molar-refractivity contribution in [3.8, 4) is 5.75 Å². The summed E-state index contributed by atoms with van der Waals surface area (Å²) in [4.78, 5) is 16.8. The van der Waals surface area contributed by atoms with Crippen LogP contribution in [0.15, 0.2) is 60.8 Å². The monoisotopic (exact) mass is 375 g/mol. The Balaban J connectivity index is 1.53. The number of aryl methyl sites for hydroxylation is 2. The van der Waals surface area contributed by atoms with Crippen molar-refractivity contribution in [1.82, 2.24) is 4.98 Å². The standard InChI is InChI=1S/C23H25N3O2/c1-16-4-10-21(17(2)14-16)26-23(27)19-7-11-22(25-15-19)24-13-12-18-5-8-20(28-3)9-6-18/h4-11,14-15H,12-13H2,1-3H3,(H,24,25)(H,26,27). The van der Waals surface area contributed by atoms with E-state index in [1.54, 1.807) is 19.4 Å². The summed E-state index contributed by atoms with van der Waals surface area (Å²) in [6.45, 7) is 4.77. The first-order valence-electron chi connectivity index (χ1n) is 9.26. The molecule has 0 radical (unpaired) electrons. The van der Waals surface area contributed by atoms with Crippen LogP contribution in [-0.2, 0) is 6.42 Å². The highest BCUT2D eigenvalue weighted by molar-refractivity contribution is 6.04. The Morgan fingerprint density at radius 2 is 1.82 bits per heavy atom. The van der Waals surface area contributed by atoms with Crippen molar-refractivity contribution in [2.24, 2.45) is 0 Å². The molecule has 0 aliphatic carbocycles. The van der Waals surface area contributed by atoms with E-state index in [1.165, 1.54) is 11.1 Å². The quantitative estimate of drug-likeness (QED) is 0.633. The second-order valence-electron chi connectivity index (χ2n) is 6.73. The van der Waals surface area contributed by atoms with Crippen LogP contribution in [0.3, 0.4) is 0 Å². The van der Waals surface area contributed by atoms with Crippen molar-refractivity contribution < 1.29 is 9.53 Å². The van der Waals surface area contributed by atoms with Gasteiger partial charge in [-0.05, 0) is 61.7 Å². The Morgan fingerprint density at radius 1 is 1.04 bits per heavy atom. The molecule has 1 amide bonds. The maximum atomic E-state index is 12.4. The van der Waals surface area contributed by atoms with Crippen LogP contribution in [0.4, 0.5) is 11.5 Å². The minimum absolute atomic E-state index is 0.163. The second-order valence-corrected chi connectivity index (χ2v) is 6.73. The van der Waals surface area contributed by atoms with Crippen molar-refractivity contribution >= 4 is 17.4 Å². The molecule has 1 aromatic heterocycles. The number of amides is 1. The molecule has 0 aliphatic heterocycles. The third kappa shape index (κ3) is 5.10. The number of carbonyl (C=O) groups excluding carboxylic acids is 1. The molecule has 5 nitrogen and oxygen atoms in total. The maximum Gasteiger partial charge on any atom is 0.257 e. The smallest absolute Gasteiger partial charge is 0.257 e. The summed E-state index contributed by atoms with van der Waals surface area (Å²) < 4.78 is 5.16. The molecule has 1 heterocycles. The fraction of sp³-hybridized carbons (Fsp3) is 0.217. The zero-order chi connectivity index (χ0) is 19.9. The van der Waals surface area contributed by atoms with Crippen LogP contribution in [-0.4, -0.2) is 24.5 Å². The second kappa shape index (κ2) is 9.04. The Labute approximate surface area is 165 Å². The van der Waals surface area contributed by atoms with Gasteiger partial charge in [-0.1, -0.05) is 29.8 Å².